The lowest BCUT2D eigenvalue weighted by atomic mass is 10.1. The molecule has 3 heterocycles. The van der Waals surface area contributed by atoms with Crippen molar-refractivity contribution in [3.63, 3.8) is 0 Å². The molecule has 1 amide bonds. The molecule has 0 aliphatic rings. The summed E-state index contributed by atoms with van der Waals surface area (Å²) in [6.45, 7) is 4.06. The molecule has 8 heteroatoms. The highest BCUT2D eigenvalue weighted by Crippen LogP contribution is 2.31. The highest BCUT2D eigenvalue weighted by Gasteiger charge is 2.16. The van der Waals surface area contributed by atoms with Gasteiger partial charge in [0.25, 0.3) is 5.91 Å². The Hall–Kier alpha value is -2.84. The summed E-state index contributed by atoms with van der Waals surface area (Å²) in [5.41, 5.74) is 4.05. The standard InChI is InChI=1S/C19H17N5OS2/c1-11-4-6-13(7-5-11)16-12(2)26-19(22-16)23-17(25)15-9-20-18(27-15)14-8-21-24(3)10-14/h4-10H,1-3H3,(H,22,23,25). The monoisotopic (exact) mass is 395 g/mol. The fourth-order valence-corrected chi connectivity index (χ4v) is 4.25. The van der Waals surface area contributed by atoms with Crippen molar-refractivity contribution in [2.45, 2.75) is 13.8 Å². The molecule has 0 unspecified atom stereocenters. The van der Waals surface area contributed by atoms with Gasteiger partial charge in [-0.15, -0.1) is 22.7 Å². The van der Waals surface area contributed by atoms with E-state index in [2.05, 4.69) is 39.4 Å². The van der Waals surface area contributed by atoms with Gasteiger partial charge in [0.05, 0.1) is 18.1 Å². The van der Waals surface area contributed by atoms with Crippen LogP contribution in [0.15, 0.2) is 42.9 Å². The summed E-state index contributed by atoms with van der Waals surface area (Å²) in [6, 6.07) is 8.21. The fraction of sp³-hybridized carbons (Fsp3) is 0.158. The largest absolute Gasteiger partial charge is 0.297 e. The van der Waals surface area contributed by atoms with Crippen LogP contribution in [-0.4, -0.2) is 25.7 Å². The molecule has 4 aromatic rings. The first kappa shape index (κ1) is 17.6. The van der Waals surface area contributed by atoms with E-state index in [-0.39, 0.29) is 5.91 Å². The second-order valence-electron chi connectivity index (χ2n) is 6.18. The van der Waals surface area contributed by atoms with E-state index >= 15 is 0 Å². The molecule has 3 aromatic heterocycles. The van der Waals surface area contributed by atoms with Gasteiger partial charge in [0.1, 0.15) is 9.88 Å². The number of amides is 1. The Bertz CT molecular complexity index is 1110. The molecule has 0 radical (unpaired) electrons. The summed E-state index contributed by atoms with van der Waals surface area (Å²) in [5.74, 6) is -0.202. The number of rotatable bonds is 4. The van der Waals surface area contributed by atoms with Crippen molar-refractivity contribution in [3.8, 4) is 21.8 Å². The SMILES string of the molecule is Cc1ccc(-c2nc(NC(=O)c3cnc(-c4cnn(C)c4)s3)sc2C)cc1. The summed E-state index contributed by atoms with van der Waals surface area (Å²) in [6.07, 6.45) is 5.20. The van der Waals surface area contributed by atoms with Crippen LogP contribution in [-0.2, 0) is 7.05 Å². The highest BCUT2D eigenvalue weighted by atomic mass is 32.1. The maximum Gasteiger partial charge on any atom is 0.269 e. The van der Waals surface area contributed by atoms with Crippen LogP contribution in [0.5, 0.6) is 0 Å². The van der Waals surface area contributed by atoms with Crippen LogP contribution >= 0.6 is 22.7 Å². The summed E-state index contributed by atoms with van der Waals surface area (Å²) in [5, 5.41) is 8.38. The number of nitrogens with one attached hydrogen (secondary N) is 1. The van der Waals surface area contributed by atoms with Gasteiger partial charge in [-0.25, -0.2) is 9.97 Å². The van der Waals surface area contributed by atoms with Crippen molar-refractivity contribution in [1.29, 1.82) is 0 Å². The van der Waals surface area contributed by atoms with Crippen molar-refractivity contribution in [2.24, 2.45) is 7.05 Å². The van der Waals surface area contributed by atoms with E-state index < -0.39 is 0 Å². The minimum Gasteiger partial charge on any atom is -0.297 e. The minimum absolute atomic E-state index is 0.202. The van der Waals surface area contributed by atoms with Crippen molar-refractivity contribution < 1.29 is 4.79 Å². The van der Waals surface area contributed by atoms with Gasteiger partial charge in [-0.1, -0.05) is 29.8 Å². The number of anilines is 1. The van der Waals surface area contributed by atoms with Crippen LogP contribution in [0, 0.1) is 13.8 Å². The quantitative estimate of drug-likeness (QED) is 0.551. The first-order valence-electron chi connectivity index (χ1n) is 8.30. The minimum atomic E-state index is -0.202. The molecule has 136 valence electrons. The van der Waals surface area contributed by atoms with Crippen LogP contribution in [0.25, 0.3) is 21.8 Å². The van der Waals surface area contributed by atoms with Gasteiger partial charge >= 0.3 is 0 Å². The number of hydrogen-bond donors (Lipinski definition) is 1. The van der Waals surface area contributed by atoms with Crippen LogP contribution in [0.2, 0.25) is 0 Å². The number of aromatic nitrogens is 4. The second kappa shape index (κ2) is 7.05. The molecule has 1 N–H and O–H groups in total. The first-order chi connectivity index (χ1) is 13.0. The predicted molar refractivity (Wildman–Crippen MR) is 109 cm³/mol. The van der Waals surface area contributed by atoms with Crippen LogP contribution in [0.3, 0.4) is 0 Å². The van der Waals surface area contributed by atoms with Crippen molar-refractivity contribution >= 4 is 33.7 Å². The molecular formula is C19H17N5OS2. The molecular weight excluding hydrogens is 378 g/mol. The maximum atomic E-state index is 12.6. The molecule has 0 saturated heterocycles. The van der Waals surface area contributed by atoms with Gasteiger partial charge in [0.15, 0.2) is 5.13 Å². The van der Waals surface area contributed by atoms with Crippen LogP contribution in [0.1, 0.15) is 20.1 Å². The zero-order valence-electron chi connectivity index (χ0n) is 15.1. The van der Waals surface area contributed by atoms with Crippen molar-refractivity contribution in [1.82, 2.24) is 19.7 Å². The lowest BCUT2D eigenvalue weighted by Gasteiger charge is -1.99. The zero-order valence-corrected chi connectivity index (χ0v) is 16.7. The number of hydrogen-bond acceptors (Lipinski definition) is 6. The average Bonchev–Trinajstić information content (AvgIpc) is 3.35. The molecule has 0 saturated carbocycles. The second-order valence-corrected chi connectivity index (χ2v) is 8.41. The van der Waals surface area contributed by atoms with Gasteiger partial charge in [0.2, 0.25) is 0 Å². The lowest BCUT2D eigenvalue weighted by molar-refractivity contribution is 0.103. The van der Waals surface area contributed by atoms with Crippen LogP contribution in [0.4, 0.5) is 5.13 Å². The fourth-order valence-electron chi connectivity index (χ4n) is 2.63. The van der Waals surface area contributed by atoms with Gasteiger partial charge in [-0.05, 0) is 13.8 Å². The van der Waals surface area contributed by atoms with E-state index in [0.29, 0.717) is 10.0 Å². The van der Waals surface area contributed by atoms with E-state index in [4.69, 9.17) is 0 Å². The Kier molecular flexibility index (Phi) is 4.59. The Morgan fingerprint density at radius 3 is 2.56 bits per heavy atom. The highest BCUT2D eigenvalue weighted by molar-refractivity contribution is 7.17. The molecule has 0 fully saturated rings. The van der Waals surface area contributed by atoms with Gasteiger partial charge in [-0.2, -0.15) is 5.10 Å². The number of carbonyl (C=O) groups excluding carboxylic acids is 1. The summed E-state index contributed by atoms with van der Waals surface area (Å²) in [4.78, 5) is 23.1. The van der Waals surface area contributed by atoms with E-state index in [9.17, 15) is 4.79 Å². The third-order valence-corrected chi connectivity index (χ3v) is 5.95. The molecule has 0 aliphatic heterocycles. The Morgan fingerprint density at radius 2 is 1.85 bits per heavy atom. The molecule has 1 aromatic carbocycles. The summed E-state index contributed by atoms with van der Waals surface area (Å²) in [7, 11) is 1.85. The number of benzene rings is 1. The molecule has 0 spiro atoms. The molecule has 4 rings (SSSR count). The average molecular weight is 396 g/mol. The normalized spacial score (nSPS) is 10.9. The smallest absolute Gasteiger partial charge is 0.269 e. The Morgan fingerprint density at radius 1 is 1.07 bits per heavy atom. The van der Waals surface area contributed by atoms with E-state index in [1.165, 1.54) is 28.2 Å². The molecule has 0 bridgehead atoms. The number of nitrogens with zero attached hydrogens (tertiary/aromatic N) is 4. The van der Waals surface area contributed by atoms with Gasteiger partial charge in [0, 0.05) is 29.2 Å². The Balaban J connectivity index is 1.53. The third kappa shape index (κ3) is 3.67. The zero-order chi connectivity index (χ0) is 19.0. The molecule has 6 nitrogen and oxygen atoms in total. The summed E-state index contributed by atoms with van der Waals surface area (Å²) < 4.78 is 1.71. The van der Waals surface area contributed by atoms with Crippen LogP contribution < -0.4 is 5.32 Å². The van der Waals surface area contributed by atoms with Gasteiger partial charge in [-0.3, -0.25) is 14.8 Å². The van der Waals surface area contributed by atoms with E-state index in [1.54, 1.807) is 17.1 Å². The van der Waals surface area contributed by atoms with Crippen molar-refractivity contribution in [2.75, 3.05) is 5.32 Å². The summed E-state index contributed by atoms with van der Waals surface area (Å²) >= 11 is 2.81. The van der Waals surface area contributed by atoms with Gasteiger partial charge < -0.3 is 0 Å². The lowest BCUT2D eigenvalue weighted by Crippen LogP contribution is -2.09. The van der Waals surface area contributed by atoms with Crippen molar-refractivity contribution in [3.05, 3.63) is 58.2 Å². The number of thiazole rings is 2. The topological polar surface area (TPSA) is 72.7 Å². The third-order valence-electron chi connectivity index (χ3n) is 4.02. The number of carbonyl (C=O) groups is 1. The maximum absolute atomic E-state index is 12.6. The molecule has 0 aliphatic carbocycles. The predicted octanol–water partition coefficient (Wildman–Crippen LogP) is 4.54. The van der Waals surface area contributed by atoms with E-state index in [1.807, 2.05) is 32.3 Å². The first-order valence-corrected chi connectivity index (χ1v) is 9.93. The van der Waals surface area contributed by atoms with E-state index in [0.717, 1.165) is 26.7 Å². The Labute approximate surface area is 164 Å². The number of aryl methyl sites for hydroxylation is 3. The molecule has 27 heavy (non-hydrogen) atoms. The molecule has 0 atom stereocenters.